The molecule has 158 valence electrons. The first-order valence-corrected chi connectivity index (χ1v) is 11.3. The van der Waals surface area contributed by atoms with Crippen LogP contribution in [-0.2, 0) is 4.79 Å². The van der Waals surface area contributed by atoms with Crippen molar-refractivity contribution in [2.75, 3.05) is 45.8 Å². The second kappa shape index (κ2) is 9.37. The summed E-state index contributed by atoms with van der Waals surface area (Å²) in [4.78, 5) is 21.1. The molecule has 0 saturated carbocycles. The first-order chi connectivity index (χ1) is 12.6. The van der Waals surface area contributed by atoms with Gasteiger partial charge in [0.2, 0.25) is 0 Å². The molecular formula is C23H45N3O. The summed E-state index contributed by atoms with van der Waals surface area (Å²) < 4.78 is 0. The van der Waals surface area contributed by atoms with Crippen molar-refractivity contribution in [1.29, 1.82) is 0 Å². The molecule has 0 amide bonds. The molecular weight excluding hydrogens is 334 g/mol. The lowest BCUT2D eigenvalue weighted by molar-refractivity contribution is -0.135. The zero-order valence-electron chi connectivity index (χ0n) is 19.2. The number of likely N-dealkylation sites (N-methyl/N-ethyl adjacent to an activating group) is 1. The Kier molecular flexibility index (Phi) is 7.92. The van der Waals surface area contributed by atoms with Crippen LogP contribution in [0, 0.1) is 11.3 Å². The van der Waals surface area contributed by atoms with Gasteiger partial charge in [-0.15, -0.1) is 0 Å². The number of rotatable bonds is 8. The van der Waals surface area contributed by atoms with Gasteiger partial charge in [-0.3, -0.25) is 14.6 Å². The number of carbonyl (C=O) groups excluding carboxylic acids is 1. The fourth-order valence-electron chi connectivity index (χ4n) is 5.12. The van der Waals surface area contributed by atoms with Crippen LogP contribution >= 0.6 is 0 Å². The standard InChI is InChI=1S/C23H45N3O/c1-8-26-16-15-24(17-22(26,6)7)18-23(21(27)10-9-19(2)3)11-13-25(14-12-23)20(4)5/h19-20H,8-18H2,1-7H3. The molecule has 0 N–H and O–H groups in total. The van der Waals surface area contributed by atoms with E-state index in [-0.39, 0.29) is 11.0 Å². The summed E-state index contributed by atoms with van der Waals surface area (Å²) in [6.45, 7) is 23.5. The van der Waals surface area contributed by atoms with E-state index in [2.05, 4.69) is 63.2 Å². The van der Waals surface area contributed by atoms with Crippen molar-refractivity contribution in [3.63, 3.8) is 0 Å². The third-order valence-corrected chi connectivity index (χ3v) is 7.09. The second-order valence-electron chi connectivity index (χ2n) is 10.4. The molecule has 0 aromatic rings. The summed E-state index contributed by atoms with van der Waals surface area (Å²) in [7, 11) is 0. The van der Waals surface area contributed by atoms with Crippen LogP contribution in [0.15, 0.2) is 0 Å². The molecule has 2 saturated heterocycles. The fourth-order valence-corrected chi connectivity index (χ4v) is 5.12. The predicted molar refractivity (Wildman–Crippen MR) is 115 cm³/mol. The third kappa shape index (κ3) is 5.77. The second-order valence-corrected chi connectivity index (χ2v) is 10.4. The van der Waals surface area contributed by atoms with E-state index in [9.17, 15) is 4.79 Å². The molecule has 0 bridgehead atoms. The van der Waals surface area contributed by atoms with E-state index in [0.717, 1.165) is 71.5 Å². The van der Waals surface area contributed by atoms with Crippen LogP contribution in [0.25, 0.3) is 0 Å². The Morgan fingerprint density at radius 2 is 1.63 bits per heavy atom. The van der Waals surface area contributed by atoms with Crippen molar-refractivity contribution < 1.29 is 4.79 Å². The average molecular weight is 380 g/mol. The number of nitrogens with zero attached hydrogens (tertiary/aromatic N) is 3. The topological polar surface area (TPSA) is 26.8 Å². The van der Waals surface area contributed by atoms with Gasteiger partial charge in [0.25, 0.3) is 0 Å². The van der Waals surface area contributed by atoms with Crippen LogP contribution in [0.1, 0.15) is 74.1 Å². The highest BCUT2D eigenvalue weighted by Crippen LogP contribution is 2.37. The number of piperidine rings is 1. The first kappa shape index (κ1) is 22.8. The summed E-state index contributed by atoms with van der Waals surface area (Å²) in [5.74, 6) is 1.14. The first-order valence-electron chi connectivity index (χ1n) is 11.3. The van der Waals surface area contributed by atoms with E-state index < -0.39 is 0 Å². The van der Waals surface area contributed by atoms with E-state index in [4.69, 9.17) is 0 Å². The average Bonchev–Trinajstić information content (AvgIpc) is 2.59. The van der Waals surface area contributed by atoms with Crippen LogP contribution in [-0.4, -0.2) is 77.9 Å². The summed E-state index contributed by atoms with van der Waals surface area (Å²) in [6.07, 6.45) is 3.87. The van der Waals surface area contributed by atoms with E-state index in [1.807, 2.05) is 0 Å². The lowest BCUT2D eigenvalue weighted by Gasteiger charge is -2.50. The molecule has 2 rings (SSSR count). The number of hydrogen-bond acceptors (Lipinski definition) is 4. The minimum absolute atomic E-state index is 0.120. The molecule has 0 atom stereocenters. The number of piperazine rings is 1. The van der Waals surface area contributed by atoms with Crippen LogP contribution in [0.2, 0.25) is 0 Å². The minimum atomic E-state index is -0.120. The highest BCUT2D eigenvalue weighted by Gasteiger charge is 2.44. The third-order valence-electron chi connectivity index (χ3n) is 7.09. The van der Waals surface area contributed by atoms with Crippen molar-refractivity contribution in [2.24, 2.45) is 11.3 Å². The lowest BCUT2D eigenvalue weighted by atomic mass is 9.72. The molecule has 0 aromatic carbocycles. The Morgan fingerprint density at radius 3 is 2.11 bits per heavy atom. The largest absolute Gasteiger partial charge is 0.301 e. The van der Waals surface area contributed by atoms with Crippen molar-refractivity contribution in [3.8, 4) is 0 Å². The van der Waals surface area contributed by atoms with Crippen molar-refractivity contribution in [2.45, 2.75) is 85.7 Å². The lowest BCUT2D eigenvalue weighted by Crippen LogP contribution is -2.61. The Hall–Kier alpha value is -0.450. The molecule has 0 aliphatic carbocycles. The van der Waals surface area contributed by atoms with Crippen LogP contribution in [0.3, 0.4) is 0 Å². The highest BCUT2D eigenvalue weighted by molar-refractivity contribution is 5.85. The van der Waals surface area contributed by atoms with E-state index >= 15 is 0 Å². The van der Waals surface area contributed by atoms with Crippen LogP contribution in [0.4, 0.5) is 0 Å². The number of likely N-dealkylation sites (tertiary alicyclic amines) is 1. The van der Waals surface area contributed by atoms with Crippen molar-refractivity contribution >= 4 is 5.78 Å². The molecule has 0 unspecified atom stereocenters. The zero-order chi connectivity index (χ0) is 20.2. The monoisotopic (exact) mass is 379 g/mol. The SMILES string of the molecule is CCN1CCN(CC2(C(=O)CCC(C)C)CCN(C(C)C)CC2)CC1(C)C. The maximum absolute atomic E-state index is 13.4. The molecule has 2 heterocycles. The Bertz CT molecular complexity index is 478. The molecule has 0 aromatic heterocycles. The summed E-state index contributed by atoms with van der Waals surface area (Å²) in [5.41, 5.74) is 0.0819. The van der Waals surface area contributed by atoms with Gasteiger partial charge in [0.05, 0.1) is 0 Å². The van der Waals surface area contributed by atoms with Gasteiger partial charge in [-0.25, -0.2) is 0 Å². The Morgan fingerprint density at radius 1 is 1.00 bits per heavy atom. The predicted octanol–water partition coefficient (Wildman–Crippen LogP) is 3.90. The summed E-state index contributed by atoms with van der Waals surface area (Å²) >= 11 is 0. The Labute approximate surface area is 168 Å². The zero-order valence-corrected chi connectivity index (χ0v) is 19.2. The molecule has 2 aliphatic heterocycles. The van der Waals surface area contributed by atoms with Gasteiger partial charge in [-0.1, -0.05) is 20.8 Å². The number of Topliss-reactive ketones (excluding diaryl/α,β-unsaturated/α-hetero) is 1. The summed E-state index contributed by atoms with van der Waals surface area (Å²) in [5, 5.41) is 0. The smallest absolute Gasteiger partial charge is 0.140 e. The van der Waals surface area contributed by atoms with Gasteiger partial charge in [0.15, 0.2) is 0 Å². The molecule has 4 nitrogen and oxygen atoms in total. The molecule has 27 heavy (non-hydrogen) atoms. The number of ketones is 1. The summed E-state index contributed by atoms with van der Waals surface area (Å²) in [6, 6.07) is 0.584. The maximum atomic E-state index is 13.4. The molecule has 2 aliphatic rings. The number of hydrogen-bond donors (Lipinski definition) is 0. The maximum Gasteiger partial charge on any atom is 0.140 e. The molecule has 4 heteroatoms. The highest BCUT2D eigenvalue weighted by atomic mass is 16.1. The van der Waals surface area contributed by atoms with E-state index in [0.29, 0.717) is 17.7 Å². The van der Waals surface area contributed by atoms with Gasteiger partial charge >= 0.3 is 0 Å². The van der Waals surface area contributed by atoms with Crippen molar-refractivity contribution in [1.82, 2.24) is 14.7 Å². The van der Waals surface area contributed by atoms with Crippen LogP contribution < -0.4 is 0 Å². The van der Waals surface area contributed by atoms with E-state index in [1.165, 1.54) is 0 Å². The van der Waals surface area contributed by atoms with Gasteiger partial charge in [0.1, 0.15) is 5.78 Å². The normalized spacial score (nSPS) is 24.6. The molecule has 0 spiro atoms. The van der Waals surface area contributed by atoms with Gasteiger partial charge in [0, 0.05) is 49.6 Å². The molecule has 2 fully saturated rings. The molecule has 0 radical (unpaired) electrons. The van der Waals surface area contributed by atoms with Crippen molar-refractivity contribution in [3.05, 3.63) is 0 Å². The fraction of sp³-hybridized carbons (Fsp3) is 0.957. The Balaban J connectivity index is 2.10. The van der Waals surface area contributed by atoms with Gasteiger partial charge in [-0.2, -0.15) is 0 Å². The van der Waals surface area contributed by atoms with Gasteiger partial charge in [-0.05, 0) is 72.5 Å². The van der Waals surface area contributed by atoms with Gasteiger partial charge < -0.3 is 4.90 Å². The quantitative estimate of drug-likeness (QED) is 0.639. The number of carbonyl (C=O) groups is 1. The van der Waals surface area contributed by atoms with Crippen LogP contribution in [0.5, 0.6) is 0 Å². The van der Waals surface area contributed by atoms with E-state index in [1.54, 1.807) is 0 Å². The minimum Gasteiger partial charge on any atom is -0.301 e.